The summed E-state index contributed by atoms with van der Waals surface area (Å²) in [4.78, 5) is 41.2. The molecule has 3 aromatic rings. The van der Waals surface area contributed by atoms with Gasteiger partial charge in [0, 0.05) is 37.1 Å². The number of likely N-dealkylation sites (N-methyl/N-ethyl adjacent to an activating group) is 1. The molecule has 3 rings (SSSR count). The van der Waals surface area contributed by atoms with Gasteiger partial charge >= 0.3 is 16.1 Å². The summed E-state index contributed by atoms with van der Waals surface area (Å²) in [7, 11) is -2.40. The number of para-hydroxylation sites is 2. The Labute approximate surface area is 254 Å². The highest BCUT2D eigenvalue weighted by Crippen LogP contribution is 2.29. The molecule has 0 aliphatic rings. The molecule has 3 aromatic carbocycles. The van der Waals surface area contributed by atoms with Crippen molar-refractivity contribution in [1.82, 2.24) is 5.32 Å². The molecule has 14 heteroatoms. The Morgan fingerprint density at radius 3 is 2.27 bits per heavy atom. The summed E-state index contributed by atoms with van der Waals surface area (Å²) in [6.07, 6.45) is 1.51. The Kier molecular flexibility index (Phi) is 11.6. The highest BCUT2D eigenvalue weighted by molar-refractivity contribution is 7.86. The van der Waals surface area contributed by atoms with Crippen LogP contribution in [0, 0.1) is 17.6 Å². The number of halogens is 2. The van der Waals surface area contributed by atoms with Gasteiger partial charge in [0.25, 0.3) is 5.91 Å². The number of hydrogen-bond donors (Lipinski definition) is 2. The average Bonchev–Trinajstić information content (AvgIpc) is 2.93. The van der Waals surface area contributed by atoms with E-state index in [1.54, 1.807) is 24.3 Å². The van der Waals surface area contributed by atoms with Gasteiger partial charge in [0.2, 0.25) is 5.91 Å². The molecule has 0 unspecified atom stereocenters. The molecule has 0 bridgehead atoms. The molecule has 0 aliphatic carbocycles. The van der Waals surface area contributed by atoms with Crippen LogP contribution in [-0.4, -0.2) is 59.3 Å². The van der Waals surface area contributed by atoms with Crippen LogP contribution in [0.5, 0.6) is 11.5 Å². The van der Waals surface area contributed by atoms with E-state index >= 15 is 0 Å². The molecule has 236 valence electrons. The number of urea groups is 1. The van der Waals surface area contributed by atoms with E-state index in [-0.39, 0.29) is 35.3 Å². The Bertz CT molecular complexity index is 1580. The van der Waals surface area contributed by atoms with E-state index in [1.807, 2.05) is 13.8 Å². The minimum absolute atomic E-state index is 0.00520. The van der Waals surface area contributed by atoms with Crippen molar-refractivity contribution in [2.75, 3.05) is 48.1 Å². The molecule has 4 amide bonds. The number of ether oxygens (including phenoxy) is 1. The fourth-order valence-electron chi connectivity index (χ4n) is 3.91. The lowest BCUT2D eigenvalue weighted by molar-refractivity contribution is -0.120. The van der Waals surface area contributed by atoms with Crippen molar-refractivity contribution < 1.29 is 40.5 Å². The van der Waals surface area contributed by atoms with Gasteiger partial charge in [-0.1, -0.05) is 32.0 Å². The minimum Gasteiger partial charge on any atom is -0.482 e. The quantitative estimate of drug-likeness (QED) is 0.264. The molecule has 0 saturated heterocycles. The van der Waals surface area contributed by atoms with E-state index in [2.05, 4.69) is 10.6 Å². The van der Waals surface area contributed by atoms with Gasteiger partial charge in [-0.25, -0.2) is 13.6 Å². The van der Waals surface area contributed by atoms with Crippen molar-refractivity contribution in [2.24, 2.45) is 5.92 Å². The molecule has 0 fully saturated rings. The smallest absolute Gasteiger partial charge is 0.319 e. The SMILES string of the molecule is CC(C)CCN(C(=O)CNC(=O)Nc1cccc(OS(C)(=O)=O)c1)c1ccccc1OCC(=O)N(C)c1cc(F)cc(F)c1. The Morgan fingerprint density at radius 1 is 0.932 bits per heavy atom. The van der Waals surface area contributed by atoms with Crippen LogP contribution in [0.25, 0.3) is 0 Å². The van der Waals surface area contributed by atoms with Crippen LogP contribution in [-0.2, 0) is 19.7 Å². The molecule has 44 heavy (non-hydrogen) atoms. The molecule has 2 N–H and O–H groups in total. The summed E-state index contributed by atoms with van der Waals surface area (Å²) in [5.74, 6) is -2.27. The van der Waals surface area contributed by atoms with Crippen molar-refractivity contribution in [2.45, 2.75) is 20.3 Å². The van der Waals surface area contributed by atoms with Crippen LogP contribution in [0.1, 0.15) is 20.3 Å². The molecule has 0 radical (unpaired) electrons. The number of amides is 4. The molecular weight excluding hydrogens is 598 g/mol. The maximum atomic E-state index is 13.6. The predicted octanol–water partition coefficient (Wildman–Crippen LogP) is 4.55. The summed E-state index contributed by atoms with van der Waals surface area (Å²) in [6.45, 7) is 3.37. The van der Waals surface area contributed by atoms with Crippen molar-refractivity contribution in [3.05, 3.63) is 78.4 Å². The number of nitrogens with zero attached hydrogens (tertiary/aromatic N) is 2. The van der Waals surface area contributed by atoms with Gasteiger partial charge in [0.05, 0.1) is 18.5 Å². The number of hydrogen-bond acceptors (Lipinski definition) is 7. The van der Waals surface area contributed by atoms with Gasteiger partial charge in [0.15, 0.2) is 6.61 Å². The lowest BCUT2D eigenvalue weighted by Gasteiger charge is -2.26. The highest BCUT2D eigenvalue weighted by Gasteiger charge is 2.22. The van der Waals surface area contributed by atoms with Crippen molar-refractivity contribution in [3.63, 3.8) is 0 Å². The zero-order valence-electron chi connectivity index (χ0n) is 24.7. The third-order valence-corrected chi connectivity index (χ3v) is 6.58. The number of benzene rings is 3. The van der Waals surface area contributed by atoms with E-state index in [1.165, 1.54) is 36.2 Å². The fraction of sp³-hybridized carbons (Fsp3) is 0.300. The van der Waals surface area contributed by atoms with Crippen LogP contribution < -0.4 is 29.4 Å². The van der Waals surface area contributed by atoms with E-state index in [0.29, 0.717) is 18.2 Å². The number of carbonyl (C=O) groups excluding carboxylic acids is 3. The van der Waals surface area contributed by atoms with Crippen molar-refractivity contribution in [3.8, 4) is 11.5 Å². The third kappa shape index (κ3) is 10.5. The first-order valence-corrected chi connectivity index (χ1v) is 15.3. The van der Waals surface area contributed by atoms with Crippen molar-refractivity contribution in [1.29, 1.82) is 0 Å². The molecule has 0 aliphatic heterocycles. The summed E-state index contributed by atoms with van der Waals surface area (Å²) < 4.78 is 60.6. The zero-order chi connectivity index (χ0) is 32.4. The van der Waals surface area contributed by atoms with Crippen LogP contribution >= 0.6 is 0 Å². The van der Waals surface area contributed by atoms with Gasteiger partial charge in [0.1, 0.15) is 23.1 Å². The number of anilines is 3. The summed E-state index contributed by atoms with van der Waals surface area (Å²) in [6, 6.07) is 14.3. The van der Waals surface area contributed by atoms with Gasteiger partial charge in [-0.3, -0.25) is 9.59 Å². The fourth-order valence-corrected chi connectivity index (χ4v) is 4.36. The third-order valence-electron chi connectivity index (χ3n) is 6.09. The average molecular weight is 633 g/mol. The van der Waals surface area contributed by atoms with Gasteiger partial charge in [-0.2, -0.15) is 8.42 Å². The van der Waals surface area contributed by atoms with Crippen LogP contribution in [0.3, 0.4) is 0 Å². The van der Waals surface area contributed by atoms with E-state index in [9.17, 15) is 31.6 Å². The number of nitrogens with one attached hydrogen (secondary N) is 2. The van der Waals surface area contributed by atoms with E-state index < -0.39 is 52.7 Å². The highest BCUT2D eigenvalue weighted by atomic mass is 32.2. The Hall–Kier alpha value is -4.72. The van der Waals surface area contributed by atoms with Gasteiger partial charge < -0.3 is 29.4 Å². The zero-order valence-corrected chi connectivity index (χ0v) is 25.5. The second kappa shape index (κ2) is 15.1. The van der Waals surface area contributed by atoms with Gasteiger partial charge in [-0.05, 0) is 48.7 Å². The predicted molar refractivity (Wildman–Crippen MR) is 162 cm³/mol. The largest absolute Gasteiger partial charge is 0.482 e. The first kappa shape index (κ1) is 33.8. The summed E-state index contributed by atoms with van der Waals surface area (Å²) in [5.41, 5.74) is 0.609. The standard InChI is InChI=1S/C30H34F2N4O7S/c1-20(2)12-13-36(28(37)18-33-30(39)34-23-8-7-9-25(17-23)43-44(4,40)41)26-10-5-6-11-27(26)42-19-29(38)35(3)24-15-21(31)14-22(32)16-24/h5-11,14-17,20H,12-13,18-19H2,1-4H3,(H2,33,34,39). The molecule has 0 saturated carbocycles. The molecule has 0 heterocycles. The van der Waals surface area contributed by atoms with Crippen LogP contribution in [0.2, 0.25) is 0 Å². The lowest BCUT2D eigenvalue weighted by atomic mass is 10.1. The van der Waals surface area contributed by atoms with Crippen molar-refractivity contribution >= 4 is 45.0 Å². The molecular formula is C30H34F2N4O7S. The summed E-state index contributed by atoms with van der Waals surface area (Å²) in [5, 5.41) is 5.00. The second-order valence-electron chi connectivity index (χ2n) is 10.2. The molecule has 11 nitrogen and oxygen atoms in total. The molecule has 0 atom stereocenters. The molecule has 0 aromatic heterocycles. The van der Waals surface area contributed by atoms with E-state index in [4.69, 9.17) is 8.92 Å². The topological polar surface area (TPSA) is 134 Å². The monoisotopic (exact) mass is 632 g/mol. The minimum atomic E-state index is -3.76. The first-order chi connectivity index (χ1) is 20.7. The Balaban J connectivity index is 1.69. The maximum Gasteiger partial charge on any atom is 0.319 e. The van der Waals surface area contributed by atoms with Gasteiger partial charge in [-0.15, -0.1) is 0 Å². The lowest BCUT2D eigenvalue weighted by Crippen LogP contribution is -2.42. The second-order valence-corrected chi connectivity index (χ2v) is 11.8. The van der Waals surface area contributed by atoms with Crippen LogP contribution in [0.4, 0.5) is 30.6 Å². The Morgan fingerprint density at radius 2 is 1.61 bits per heavy atom. The number of carbonyl (C=O) groups is 3. The maximum absolute atomic E-state index is 13.6. The normalized spacial score (nSPS) is 11.1. The summed E-state index contributed by atoms with van der Waals surface area (Å²) >= 11 is 0. The van der Waals surface area contributed by atoms with Crippen LogP contribution in [0.15, 0.2) is 66.7 Å². The number of rotatable bonds is 13. The van der Waals surface area contributed by atoms with E-state index in [0.717, 1.165) is 23.3 Å². The first-order valence-electron chi connectivity index (χ1n) is 13.5. The molecule has 0 spiro atoms.